The van der Waals surface area contributed by atoms with Gasteiger partial charge in [0.25, 0.3) is 5.91 Å². The van der Waals surface area contributed by atoms with Gasteiger partial charge in [-0.15, -0.1) is 0 Å². The lowest BCUT2D eigenvalue weighted by atomic mass is 10.2. The molecule has 76 valence electrons. The van der Waals surface area contributed by atoms with E-state index in [2.05, 4.69) is 29.8 Å². The number of nitrogens with one attached hydrogen (secondary N) is 1. The van der Waals surface area contributed by atoms with Gasteiger partial charge in [0.05, 0.1) is 11.4 Å². The SMILES string of the molecule is O=C1COc2cc(C#CCS)ccc2N1. The molecule has 4 heteroatoms. The zero-order valence-corrected chi connectivity index (χ0v) is 8.80. The maximum atomic E-state index is 11.0. The van der Waals surface area contributed by atoms with Gasteiger partial charge >= 0.3 is 0 Å². The van der Waals surface area contributed by atoms with E-state index in [1.54, 1.807) is 6.07 Å². The van der Waals surface area contributed by atoms with Crippen LogP contribution in [-0.2, 0) is 4.79 Å². The summed E-state index contributed by atoms with van der Waals surface area (Å²) in [6.45, 7) is 0.0659. The van der Waals surface area contributed by atoms with Crippen molar-refractivity contribution in [1.29, 1.82) is 0 Å². The molecule has 0 atom stereocenters. The summed E-state index contributed by atoms with van der Waals surface area (Å²) in [6, 6.07) is 5.43. The van der Waals surface area contributed by atoms with Gasteiger partial charge in [-0.3, -0.25) is 4.79 Å². The van der Waals surface area contributed by atoms with E-state index in [1.807, 2.05) is 12.1 Å². The van der Waals surface area contributed by atoms with Gasteiger partial charge in [0.15, 0.2) is 6.61 Å². The van der Waals surface area contributed by atoms with Crippen molar-refractivity contribution in [2.75, 3.05) is 17.7 Å². The van der Waals surface area contributed by atoms with Gasteiger partial charge in [0.2, 0.25) is 0 Å². The molecule has 1 aromatic rings. The second kappa shape index (κ2) is 4.28. The van der Waals surface area contributed by atoms with Gasteiger partial charge < -0.3 is 10.1 Å². The van der Waals surface area contributed by atoms with Crippen molar-refractivity contribution in [2.45, 2.75) is 0 Å². The molecule has 0 spiro atoms. The Morgan fingerprint density at radius 2 is 2.40 bits per heavy atom. The van der Waals surface area contributed by atoms with Crippen LogP contribution in [-0.4, -0.2) is 18.3 Å². The van der Waals surface area contributed by atoms with E-state index in [0.29, 0.717) is 17.2 Å². The Kier molecular flexibility index (Phi) is 2.84. The molecule has 3 nitrogen and oxygen atoms in total. The number of carbonyl (C=O) groups is 1. The molecule has 1 N–H and O–H groups in total. The quantitative estimate of drug-likeness (QED) is 0.510. The monoisotopic (exact) mass is 219 g/mol. The van der Waals surface area contributed by atoms with E-state index in [0.717, 1.165) is 5.56 Å². The number of benzene rings is 1. The summed E-state index contributed by atoms with van der Waals surface area (Å²) < 4.78 is 5.26. The molecule has 1 aliphatic heterocycles. The van der Waals surface area contributed by atoms with Crippen LogP contribution in [0.5, 0.6) is 5.75 Å². The van der Waals surface area contributed by atoms with Crippen LogP contribution < -0.4 is 10.1 Å². The molecular formula is C11H9NO2S. The molecule has 0 saturated carbocycles. The van der Waals surface area contributed by atoms with Crippen LogP contribution >= 0.6 is 12.6 Å². The maximum Gasteiger partial charge on any atom is 0.262 e. The highest BCUT2D eigenvalue weighted by Gasteiger charge is 2.15. The van der Waals surface area contributed by atoms with E-state index in [1.165, 1.54) is 0 Å². The molecule has 0 aromatic heterocycles. The third kappa shape index (κ3) is 2.25. The summed E-state index contributed by atoms with van der Waals surface area (Å²) >= 11 is 4.00. The molecule has 0 saturated heterocycles. The molecule has 2 rings (SSSR count). The molecule has 15 heavy (non-hydrogen) atoms. The molecule has 0 fully saturated rings. The van der Waals surface area contributed by atoms with Crippen LogP contribution in [0.15, 0.2) is 18.2 Å². The average Bonchev–Trinajstić information content (AvgIpc) is 2.26. The molecule has 1 aliphatic rings. The minimum absolute atomic E-state index is 0.0659. The number of anilines is 1. The summed E-state index contributed by atoms with van der Waals surface area (Å²) in [5, 5.41) is 2.72. The van der Waals surface area contributed by atoms with E-state index >= 15 is 0 Å². The maximum absolute atomic E-state index is 11.0. The normalized spacial score (nSPS) is 13.0. The Morgan fingerprint density at radius 1 is 1.53 bits per heavy atom. The summed E-state index contributed by atoms with van der Waals surface area (Å²) in [6.07, 6.45) is 0. The van der Waals surface area contributed by atoms with Gasteiger partial charge in [-0.25, -0.2) is 0 Å². The van der Waals surface area contributed by atoms with E-state index in [-0.39, 0.29) is 12.5 Å². The van der Waals surface area contributed by atoms with Crippen LogP contribution in [0.4, 0.5) is 5.69 Å². The van der Waals surface area contributed by atoms with Crippen molar-refractivity contribution in [3.63, 3.8) is 0 Å². The Labute approximate surface area is 93.2 Å². The Morgan fingerprint density at radius 3 is 3.20 bits per heavy atom. The highest BCUT2D eigenvalue weighted by atomic mass is 32.1. The van der Waals surface area contributed by atoms with Crippen LogP contribution in [0.1, 0.15) is 5.56 Å². The zero-order valence-electron chi connectivity index (χ0n) is 7.91. The second-order valence-corrected chi connectivity index (χ2v) is 3.32. The molecule has 1 amide bonds. The van der Waals surface area contributed by atoms with Gasteiger partial charge in [-0.2, -0.15) is 12.6 Å². The first kappa shape index (κ1) is 9.94. The van der Waals surface area contributed by atoms with E-state index < -0.39 is 0 Å². The Balaban J connectivity index is 2.30. The molecule has 0 aliphatic carbocycles. The zero-order chi connectivity index (χ0) is 10.7. The highest BCUT2D eigenvalue weighted by Crippen LogP contribution is 2.28. The molecular weight excluding hydrogens is 210 g/mol. The molecule has 0 unspecified atom stereocenters. The first-order chi connectivity index (χ1) is 7.29. The van der Waals surface area contributed by atoms with E-state index in [9.17, 15) is 4.79 Å². The second-order valence-electron chi connectivity index (χ2n) is 3.01. The van der Waals surface area contributed by atoms with Gasteiger partial charge in [-0.1, -0.05) is 11.8 Å². The average molecular weight is 219 g/mol. The fraction of sp³-hybridized carbons (Fsp3) is 0.182. The number of fused-ring (bicyclic) bond motifs is 1. The van der Waals surface area contributed by atoms with Crippen LogP contribution in [0.2, 0.25) is 0 Å². The third-order valence-corrected chi connectivity index (χ3v) is 2.08. The third-order valence-electron chi connectivity index (χ3n) is 1.93. The molecule has 1 aromatic carbocycles. The predicted octanol–water partition coefficient (Wildman–Crippen LogP) is 1.30. The van der Waals surface area contributed by atoms with Crippen molar-refractivity contribution in [3.05, 3.63) is 23.8 Å². The fourth-order valence-corrected chi connectivity index (χ4v) is 1.37. The lowest BCUT2D eigenvalue weighted by molar-refractivity contribution is -0.118. The number of thiol groups is 1. The largest absolute Gasteiger partial charge is 0.482 e. The van der Waals surface area contributed by atoms with Crippen molar-refractivity contribution in [2.24, 2.45) is 0 Å². The fourth-order valence-electron chi connectivity index (χ4n) is 1.29. The first-order valence-corrected chi connectivity index (χ1v) is 5.09. The lowest BCUT2D eigenvalue weighted by Gasteiger charge is -2.17. The van der Waals surface area contributed by atoms with Crippen LogP contribution in [0.25, 0.3) is 0 Å². The van der Waals surface area contributed by atoms with Gasteiger partial charge in [0, 0.05) is 5.56 Å². The van der Waals surface area contributed by atoms with Gasteiger partial charge in [0.1, 0.15) is 5.75 Å². The minimum Gasteiger partial charge on any atom is -0.482 e. The number of ether oxygens (including phenoxy) is 1. The van der Waals surface area contributed by atoms with Crippen LogP contribution in [0, 0.1) is 11.8 Å². The summed E-state index contributed by atoms with van der Waals surface area (Å²) in [4.78, 5) is 11.0. The smallest absolute Gasteiger partial charge is 0.262 e. The standard InChI is InChI=1S/C11H9NO2S/c13-11-7-14-10-6-8(2-1-5-15)3-4-9(10)12-11/h3-4,6,15H,5,7H2,(H,12,13). The predicted molar refractivity (Wildman–Crippen MR) is 61.3 cm³/mol. The number of hydrogen-bond donors (Lipinski definition) is 2. The number of carbonyl (C=O) groups excluding carboxylic acids is 1. The van der Waals surface area contributed by atoms with Gasteiger partial charge in [-0.05, 0) is 18.2 Å². The van der Waals surface area contributed by atoms with E-state index in [4.69, 9.17) is 4.74 Å². The Bertz CT molecular complexity index is 459. The number of amides is 1. The summed E-state index contributed by atoms with van der Waals surface area (Å²) in [7, 11) is 0. The number of hydrogen-bond acceptors (Lipinski definition) is 3. The number of rotatable bonds is 0. The minimum atomic E-state index is -0.128. The summed E-state index contributed by atoms with van der Waals surface area (Å²) in [5.41, 5.74) is 1.56. The molecule has 1 heterocycles. The van der Waals surface area contributed by atoms with Crippen LogP contribution in [0.3, 0.4) is 0 Å². The topological polar surface area (TPSA) is 38.3 Å². The lowest BCUT2D eigenvalue weighted by Crippen LogP contribution is -2.25. The first-order valence-electron chi connectivity index (χ1n) is 4.46. The van der Waals surface area contributed by atoms with Crippen molar-refractivity contribution >= 4 is 24.2 Å². The molecule has 0 radical (unpaired) electrons. The Hall–Kier alpha value is -1.60. The van der Waals surface area contributed by atoms with Crippen molar-refractivity contribution < 1.29 is 9.53 Å². The molecule has 0 bridgehead atoms. The summed E-state index contributed by atoms with van der Waals surface area (Å²) in [5.74, 6) is 6.85. The van der Waals surface area contributed by atoms with Crippen molar-refractivity contribution in [3.8, 4) is 17.6 Å². The highest BCUT2D eigenvalue weighted by molar-refractivity contribution is 7.80. The van der Waals surface area contributed by atoms with Crippen molar-refractivity contribution in [1.82, 2.24) is 0 Å².